The van der Waals surface area contributed by atoms with E-state index in [1.807, 2.05) is 0 Å². The van der Waals surface area contributed by atoms with Gasteiger partial charge in [-0.25, -0.2) is 4.79 Å². The van der Waals surface area contributed by atoms with Crippen molar-refractivity contribution in [2.75, 3.05) is 6.79 Å². The maximum atomic E-state index is 13.8. The third-order valence-corrected chi connectivity index (χ3v) is 10.8. The molecule has 11 heteroatoms. The molecule has 1 N–H and O–H groups in total. The van der Waals surface area contributed by atoms with Gasteiger partial charge >= 0.3 is 27.3 Å². The van der Waals surface area contributed by atoms with Crippen LogP contribution in [-0.2, 0) is 33.9 Å². The monoisotopic (exact) mass is 518 g/mol. The van der Waals surface area contributed by atoms with Crippen molar-refractivity contribution in [3.8, 4) is 0 Å². The highest BCUT2D eigenvalue weighted by atomic mass is 32.2. The highest BCUT2D eigenvalue weighted by Gasteiger charge is 2.62. The fraction of sp³-hybridized carbons (Fsp3) is 0.917. The van der Waals surface area contributed by atoms with Crippen LogP contribution in [0.3, 0.4) is 0 Å². The number of hydrogen-bond acceptors (Lipinski definition) is 7. The third kappa shape index (κ3) is 3.91. The van der Waals surface area contributed by atoms with Crippen molar-refractivity contribution in [1.29, 1.82) is 0 Å². The highest BCUT2D eigenvalue weighted by molar-refractivity contribution is 7.87. The molecule has 0 saturated heterocycles. The zero-order chi connectivity index (χ0) is 24.8. The summed E-state index contributed by atoms with van der Waals surface area (Å²) in [6.07, 6.45) is 8.63. The van der Waals surface area contributed by atoms with Gasteiger partial charge in [-0.2, -0.15) is 17.2 Å². The fourth-order valence-electron chi connectivity index (χ4n) is 9.29. The first-order valence-corrected chi connectivity index (χ1v) is 14.2. The molecule has 8 bridgehead atoms. The number of esters is 2. The zero-order valence-electron chi connectivity index (χ0n) is 19.5. The third-order valence-electron chi connectivity index (χ3n) is 9.96. The predicted octanol–water partition coefficient (Wildman–Crippen LogP) is 3.69. The summed E-state index contributed by atoms with van der Waals surface area (Å²) in [6, 6.07) is 0. The average molecular weight is 519 g/mol. The van der Waals surface area contributed by atoms with Crippen LogP contribution in [-0.4, -0.2) is 48.7 Å². The van der Waals surface area contributed by atoms with Crippen LogP contribution in [0.1, 0.15) is 70.6 Å². The summed E-state index contributed by atoms with van der Waals surface area (Å²) < 4.78 is 74.9. The lowest BCUT2D eigenvalue weighted by molar-refractivity contribution is -0.227. The van der Waals surface area contributed by atoms with Gasteiger partial charge < -0.3 is 14.2 Å². The minimum absolute atomic E-state index is 0.0776. The lowest BCUT2D eigenvalue weighted by Crippen LogP contribution is -2.58. The molecule has 0 heterocycles. The Bertz CT molecular complexity index is 975. The van der Waals surface area contributed by atoms with Gasteiger partial charge in [0.05, 0.1) is 11.0 Å². The molecule has 0 aliphatic heterocycles. The number of halogens is 2. The summed E-state index contributed by atoms with van der Waals surface area (Å²) in [5, 5.41) is -5.02. The second-order valence-corrected chi connectivity index (χ2v) is 13.9. The summed E-state index contributed by atoms with van der Waals surface area (Å²) in [5.41, 5.74) is -0.927. The topological polar surface area (TPSA) is 116 Å². The number of alkyl halides is 2. The van der Waals surface area contributed by atoms with Crippen molar-refractivity contribution < 1.29 is 45.6 Å². The lowest BCUT2D eigenvalue weighted by Gasteiger charge is -2.58. The Labute approximate surface area is 203 Å². The van der Waals surface area contributed by atoms with E-state index in [2.05, 4.69) is 0 Å². The fourth-order valence-corrected chi connectivity index (χ4v) is 9.55. The van der Waals surface area contributed by atoms with Crippen LogP contribution < -0.4 is 0 Å². The molecule has 8 nitrogen and oxygen atoms in total. The molecular weight excluding hydrogens is 486 g/mol. The first-order chi connectivity index (χ1) is 16.4. The number of carbonyl (C=O) groups excluding carboxylic acids is 2. The van der Waals surface area contributed by atoms with Crippen LogP contribution in [0.15, 0.2) is 0 Å². The van der Waals surface area contributed by atoms with Crippen LogP contribution in [0.5, 0.6) is 0 Å². The first kappa shape index (κ1) is 24.0. The van der Waals surface area contributed by atoms with Crippen LogP contribution in [0.4, 0.5) is 8.78 Å². The van der Waals surface area contributed by atoms with Crippen molar-refractivity contribution in [2.45, 2.75) is 87.6 Å². The number of carbonyl (C=O) groups is 2. The smallest absolute Gasteiger partial charge is 0.456 e. The molecule has 8 rings (SSSR count). The molecule has 8 aliphatic rings. The summed E-state index contributed by atoms with van der Waals surface area (Å²) in [6.45, 7) is -0.0776. The first-order valence-electron chi connectivity index (χ1n) is 12.8. The van der Waals surface area contributed by atoms with E-state index in [4.69, 9.17) is 18.8 Å². The molecule has 0 aromatic rings. The van der Waals surface area contributed by atoms with Gasteiger partial charge in [0.15, 0.2) is 6.79 Å². The van der Waals surface area contributed by atoms with Crippen LogP contribution >= 0.6 is 0 Å². The number of ether oxygens (including phenoxy) is 3. The summed E-state index contributed by atoms with van der Waals surface area (Å²) >= 11 is 0. The largest absolute Gasteiger partial charge is 0.465 e. The Hall–Kier alpha value is -1.33. The van der Waals surface area contributed by atoms with Gasteiger partial charge in [0.25, 0.3) is 0 Å². The van der Waals surface area contributed by atoms with Crippen molar-refractivity contribution in [2.24, 2.45) is 40.9 Å². The Kier molecular flexibility index (Phi) is 5.38. The van der Waals surface area contributed by atoms with Crippen molar-refractivity contribution in [1.82, 2.24) is 0 Å². The molecule has 35 heavy (non-hydrogen) atoms. The Morgan fingerprint density at radius 3 is 1.89 bits per heavy atom. The van der Waals surface area contributed by atoms with E-state index in [1.54, 1.807) is 0 Å². The maximum Gasteiger partial charge on any atom is 0.465 e. The highest BCUT2D eigenvalue weighted by Crippen LogP contribution is 2.62. The van der Waals surface area contributed by atoms with Gasteiger partial charge in [0, 0.05) is 0 Å². The second kappa shape index (κ2) is 7.84. The van der Waals surface area contributed by atoms with Crippen molar-refractivity contribution in [3.63, 3.8) is 0 Å². The van der Waals surface area contributed by atoms with Crippen LogP contribution in [0.2, 0.25) is 0 Å². The van der Waals surface area contributed by atoms with Gasteiger partial charge in [0.2, 0.25) is 0 Å². The molecule has 8 fully saturated rings. The Morgan fingerprint density at radius 1 is 0.857 bits per heavy atom. The Morgan fingerprint density at radius 2 is 1.37 bits per heavy atom. The summed E-state index contributed by atoms with van der Waals surface area (Å²) in [5.74, 6) is -0.930. The van der Waals surface area contributed by atoms with E-state index >= 15 is 0 Å². The van der Waals surface area contributed by atoms with Gasteiger partial charge in [-0.05, 0) is 106 Å². The molecular formula is C24H32F2O8S. The van der Waals surface area contributed by atoms with Crippen LogP contribution in [0.25, 0.3) is 0 Å². The van der Waals surface area contributed by atoms with Gasteiger partial charge in [-0.1, -0.05) is 0 Å². The predicted molar refractivity (Wildman–Crippen MR) is 115 cm³/mol. The zero-order valence-corrected chi connectivity index (χ0v) is 20.3. The lowest BCUT2D eigenvalue weighted by atomic mass is 9.48. The van der Waals surface area contributed by atoms with Crippen molar-refractivity contribution >= 4 is 22.1 Å². The van der Waals surface area contributed by atoms with E-state index < -0.39 is 32.9 Å². The van der Waals surface area contributed by atoms with E-state index in [9.17, 15) is 26.8 Å². The molecule has 0 aromatic carbocycles. The SMILES string of the molecule is O=C(OCOC12CC3CC(CC(C3)C1)C2)C12CC3CC(C1)C(OC(=O)C(F)(F)S(=O)(=O)O)C(C3)C2. The van der Waals surface area contributed by atoms with E-state index in [-0.39, 0.29) is 36.1 Å². The van der Waals surface area contributed by atoms with E-state index in [0.29, 0.717) is 49.9 Å². The normalized spacial score (nSPS) is 45.5. The molecule has 2 atom stereocenters. The standard InChI is InChI=1S/C24H32F2O8S/c25-24(26,35(29,30)31)21(28)34-19-17-4-16-5-18(19)11-22(6-16,10-17)20(27)32-12-33-23-7-13-1-14(8-23)3-15(2-13)9-23/h13-19H,1-12H2,(H,29,30,31). The van der Waals surface area contributed by atoms with Gasteiger partial charge in [0.1, 0.15) is 6.10 Å². The quantitative estimate of drug-likeness (QED) is 0.308. The molecule has 8 saturated carbocycles. The van der Waals surface area contributed by atoms with Gasteiger partial charge in [-0.3, -0.25) is 9.35 Å². The maximum absolute atomic E-state index is 13.8. The molecule has 0 radical (unpaired) electrons. The van der Waals surface area contributed by atoms with Crippen LogP contribution in [0, 0.1) is 40.9 Å². The minimum Gasteiger partial charge on any atom is -0.456 e. The Balaban J connectivity index is 1.08. The molecule has 2 unspecified atom stereocenters. The van der Waals surface area contributed by atoms with E-state index in [0.717, 1.165) is 19.3 Å². The van der Waals surface area contributed by atoms with Gasteiger partial charge in [-0.15, -0.1) is 0 Å². The summed E-state index contributed by atoms with van der Waals surface area (Å²) in [7, 11) is -5.93. The number of hydrogen-bond donors (Lipinski definition) is 1. The molecule has 0 spiro atoms. The molecule has 196 valence electrons. The van der Waals surface area contributed by atoms with E-state index in [1.165, 1.54) is 19.3 Å². The number of rotatable bonds is 7. The average Bonchev–Trinajstić information content (AvgIpc) is 2.73. The molecule has 0 amide bonds. The summed E-state index contributed by atoms with van der Waals surface area (Å²) in [4.78, 5) is 25.2. The minimum atomic E-state index is -5.93. The second-order valence-electron chi connectivity index (χ2n) is 12.4. The van der Waals surface area contributed by atoms with Crippen molar-refractivity contribution in [3.05, 3.63) is 0 Å². The molecule has 8 aliphatic carbocycles. The molecule has 0 aromatic heterocycles.